The van der Waals surface area contributed by atoms with Gasteiger partial charge in [-0.3, -0.25) is 4.79 Å². The fourth-order valence-corrected chi connectivity index (χ4v) is 2.85. The number of nitrogens with one attached hydrogen (secondary N) is 1. The summed E-state index contributed by atoms with van der Waals surface area (Å²) in [7, 11) is 0. The van der Waals surface area contributed by atoms with Gasteiger partial charge in [0.15, 0.2) is 0 Å². The molecule has 16 heavy (non-hydrogen) atoms. The van der Waals surface area contributed by atoms with Gasteiger partial charge in [0, 0.05) is 18.7 Å². The van der Waals surface area contributed by atoms with E-state index in [0.29, 0.717) is 6.04 Å². The number of primary amides is 1. The van der Waals surface area contributed by atoms with Gasteiger partial charge in [0.2, 0.25) is 5.91 Å². The first-order valence-corrected chi connectivity index (χ1v) is 6.40. The maximum atomic E-state index is 11.4. The molecule has 3 unspecified atom stereocenters. The van der Waals surface area contributed by atoms with Crippen LogP contribution in [0, 0.1) is 5.92 Å². The molecule has 4 heteroatoms. The van der Waals surface area contributed by atoms with Crippen LogP contribution in [-0.2, 0) is 9.53 Å². The van der Waals surface area contributed by atoms with E-state index in [4.69, 9.17) is 10.5 Å². The van der Waals surface area contributed by atoms with Gasteiger partial charge in [-0.1, -0.05) is 12.8 Å². The van der Waals surface area contributed by atoms with E-state index < -0.39 is 0 Å². The van der Waals surface area contributed by atoms with Crippen molar-refractivity contribution in [2.45, 2.75) is 50.6 Å². The molecule has 1 amide bonds. The number of hydrogen-bond acceptors (Lipinski definition) is 3. The summed E-state index contributed by atoms with van der Waals surface area (Å²) in [5.41, 5.74) is 5.45. The van der Waals surface area contributed by atoms with Crippen LogP contribution in [-0.4, -0.2) is 31.2 Å². The van der Waals surface area contributed by atoms with E-state index in [-0.39, 0.29) is 17.9 Å². The summed E-state index contributed by atoms with van der Waals surface area (Å²) in [5, 5.41) is 3.56. The van der Waals surface area contributed by atoms with Crippen molar-refractivity contribution in [1.82, 2.24) is 5.32 Å². The third-order valence-electron chi connectivity index (χ3n) is 3.74. The van der Waals surface area contributed by atoms with Crippen LogP contribution in [0.5, 0.6) is 0 Å². The second-order valence-electron chi connectivity index (χ2n) is 4.98. The van der Waals surface area contributed by atoms with Crippen LogP contribution < -0.4 is 11.1 Å². The molecule has 0 bridgehead atoms. The molecule has 0 aromatic rings. The summed E-state index contributed by atoms with van der Waals surface area (Å²) >= 11 is 0. The fraction of sp³-hybridized carbons (Fsp3) is 0.917. The Morgan fingerprint density at radius 3 is 2.69 bits per heavy atom. The normalized spacial score (nSPS) is 35.9. The molecule has 0 spiro atoms. The van der Waals surface area contributed by atoms with Crippen molar-refractivity contribution in [2.75, 3.05) is 13.2 Å². The number of amides is 1. The lowest BCUT2D eigenvalue weighted by Crippen LogP contribution is -2.50. The summed E-state index contributed by atoms with van der Waals surface area (Å²) in [6.45, 7) is 1.66. The Hall–Kier alpha value is -0.610. The Morgan fingerprint density at radius 2 is 2.00 bits per heavy atom. The maximum Gasteiger partial charge on any atom is 0.222 e. The third-order valence-corrected chi connectivity index (χ3v) is 3.74. The van der Waals surface area contributed by atoms with Crippen LogP contribution in [0.25, 0.3) is 0 Å². The third kappa shape index (κ3) is 2.95. The molecule has 2 fully saturated rings. The zero-order valence-electron chi connectivity index (χ0n) is 9.78. The molecule has 3 N–H and O–H groups in total. The van der Waals surface area contributed by atoms with Crippen molar-refractivity contribution in [2.24, 2.45) is 11.7 Å². The predicted molar refractivity (Wildman–Crippen MR) is 61.9 cm³/mol. The van der Waals surface area contributed by atoms with E-state index in [1.165, 1.54) is 6.42 Å². The minimum Gasteiger partial charge on any atom is -0.380 e. The number of carbonyl (C=O) groups is 1. The molecular weight excluding hydrogens is 204 g/mol. The van der Waals surface area contributed by atoms with Gasteiger partial charge in [0.25, 0.3) is 0 Å². The molecule has 0 aromatic heterocycles. The molecule has 1 saturated carbocycles. The molecule has 1 aliphatic carbocycles. The van der Waals surface area contributed by atoms with Gasteiger partial charge in [-0.15, -0.1) is 0 Å². The average Bonchev–Trinajstić information content (AvgIpc) is 2.31. The van der Waals surface area contributed by atoms with Crippen molar-refractivity contribution < 1.29 is 9.53 Å². The first kappa shape index (κ1) is 11.9. The SMILES string of the molecule is NC(=O)C1CCCCC1NC1CCCOC1. The lowest BCUT2D eigenvalue weighted by atomic mass is 9.83. The van der Waals surface area contributed by atoms with Crippen LogP contribution in [0.4, 0.5) is 0 Å². The standard InChI is InChI=1S/C12H22N2O2/c13-12(15)10-5-1-2-6-11(10)14-9-4-3-7-16-8-9/h9-11,14H,1-8H2,(H2,13,15). The average molecular weight is 226 g/mol. The molecule has 0 radical (unpaired) electrons. The first-order valence-electron chi connectivity index (χ1n) is 6.40. The van der Waals surface area contributed by atoms with E-state index >= 15 is 0 Å². The summed E-state index contributed by atoms with van der Waals surface area (Å²) in [6.07, 6.45) is 6.63. The lowest BCUT2D eigenvalue weighted by molar-refractivity contribution is -0.123. The van der Waals surface area contributed by atoms with Crippen molar-refractivity contribution >= 4 is 5.91 Å². The molecule has 1 aliphatic heterocycles. The first-order chi connectivity index (χ1) is 7.77. The molecule has 1 saturated heterocycles. The second kappa shape index (κ2) is 5.64. The number of ether oxygens (including phenoxy) is 1. The molecule has 4 nitrogen and oxygen atoms in total. The lowest BCUT2D eigenvalue weighted by Gasteiger charge is -2.34. The van der Waals surface area contributed by atoms with Crippen LogP contribution in [0.2, 0.25) is 0 Å². The summed E-state index contributed by atoms with van der Waals surface area (Å²) in [5.74, 6) is -0.121. The second-order valence-corrected chi connectivity index (χ2v) is 4.98. The number of rotatable bonds is 3. The summed E-state index contributed by atoms with van der Waals surface area (Å²) in [6, 6.07) is 0.691. The molecular formula is C12H22N2O2. The van der Waals surface area contributed by atoms with Gasteiger partial charge in [0.1, 0.15) is 0 Å². The Bertz CT molecular complexity index is 239. The topological polar surface area (TPSA) is 64.4 Å². The minimum absolute atomic E-state index is 0.0238. The largest absolute Gasteiger partial charge is 0.380 e. The van der Waals surface area contributed by atoms with Crippen LogP contribution in [0.15, 0.2) is 0 Å². The van der Waals surface area contributed by atoms with Gasteiger partial charge in [-0.25, -0.2) is 0 Å². The van der Waals surface area contributed by atoms with Crippen molar-refractivity contribution in [3.05, 3.63) is 0 Å². The monoisotopic (exact) mass is 226 g/mol. The summed E-state index contributed by atoms with van der Waals surface area (Å²) in [4.78, 5) is 11.4. The fourth-order valence-electron chi connectivity index (χ4n) is 2.85. The van der Waals surface area contributed by atoms with Gasteiger partial charge in [-0.2, -0.15) is 0 Å². The zero-order valence-corrected chi connectivity index (χ0v) is 9.78. The molecule has 0 aromatic carbocycles. The smallest absolute Gasteiger partial charge is 0.222 e. The highest BCUT2D eigenvalue weighted by Crippen LogP contribution is 2.25. The maximum absolute atomic E-state index is 11.4. The van der Waals surface area contributed by atoms with Crippen LogP contribution >= 0.6 is 0 Å². The highest BCUT2D eigenvalue weighted by Gasteiger charge is 2.31. The van der Waals surface area contributed by atoms with E-state index in [9.17, 15) is 4.79 Å². The molecule has 3 atom stereocenters. The van der Waals surface area contributed by atoms with Gasteiger partial charge < -0.3 is 15.8 Å². The van der Waals surface area contributed by atoms with Crippen LogP contribution in [0.1, 0.15) is 38.5 Å². The number of hydrogen-bond donors (Lipinski definition) is 2. The Balaban J connectivity index is 1.87. The van der Waals surface area contributed by atoms with Gasteiger partial charge >= 0.3 is 0 Å². The summed E-state index contributed by atoms with van der Waals surface area (Å²) < 4.78 is 5.44. The quantitative estimate of drug-likeness (QED) is 0.748. The van der Waals surface area contributed by atoms with Gasteiger partial charge in [0.05, 0.1) is 12.5 Å². The molecule has 1 heterocycles. The highest BCUT2D eigenvalue weighted by molar-refractivity contribution is 5.77. The molecule has 92 valence electrons. The van der Waals surface area contributed by atoms with Crippen LogP contribution in [0.3, 0.4) is 0 Å². The van der Waals surface area contributed by atoms with Crippen molar-refractivity contribution in [1.29, 1.82) is 0 Å². The predicted octanol–water partition coefficient (Wildman–Crippen LogP) is 0.799. The van der Waals surface area contributed by atoms with Gasteiger partial charge in [-0.05, 0) is 25.7 Å². The van der Waals surface area contributed by atoms with Crippen molar-refractivity contribution in [3.8, 4) is 0 Å². The number of carbonyl (C=O) groups excluding carboxylic acids is 1. The Morgan fingerprint density at radius 1 is 1.19 bits per heavy atom. The van der Waals surface area contributed by atoms with E-state index in [2.05, 4.69) is 5.32 Å². The van der Waals surface area contributed by atoms with E-state index in [1.807, 2.05) is 0 Å². The van der Waals surface area contributed by atoms with E-state index in [1.54, 1.807) is 0 Å². The minimum atomic E-state index is -0.145. The molecule has 2 aliphatic rings. The molecule has 2 rings (SSSR count). The van der Waals surface area contributed by atoms with E-state index in [0.717, 1.165) is 45.3 Å². The van der Waals surface area contributed by atoms with Crippen molar-refractivity contribution in [3.63, 3.8) is 0 Å². The zero-order chi connectivity index (χ0) is 11.4. The Kier molecular flexibility index (Phi) is 4.18. The highest BCUT2D eigenvalue weighted by atomic mass is 16.5. The Labute approximate surface area is 96.9 Å². The number of nitrogens with two attached hydrogens (primary N) is 1.